The van der Waals surface area contributed by atoms with Gasteiger partial charge in [0.25, 0.3) is 0 Å². The van der Waals surface area contributed by atoms with E-state index in [2.05, 4.69) is 37.0 Å². The van der Waals surface area contributed by atoms with Crippen LogP contribution in [-0.2, 0) is 14.4 Å². The van der Waals surface area contributed by atoms with Gasteiger partial charge in [-0.2, -0.15) is 0 Å². The molecule has 11 nitrogen and oxygen atoms in total. The van der Waals surface area contributed by atoms with Crippen LogP contribution in [0.2, 0.25) is 0 Å². The van der Waals surface area contributed by atoms with Crippen molar-refractivity contribution < 1.29 is 27.9 Å². The molecule has 3 aliphatic heterocycles. The van der Waals surface area contributed by atoms with Crippen LogP contribution in [0.1, 0.15) is 24.4 Å². The summed E-state index contributed by atoms with van der Waals surface area (Å²) in [6.07, 6.45) is 4.20. The summed E-state index contributed by atoms with van der Waals surface area (Å²) in [5.74, 6) is -0.710. The van der Waals surface area contributed by atoms with Crippen LogP contribution in [0.4, 0.5) is 37.5 Å². The quantitative estimate of drug-likeness (QED) is 0.340. The maximum Gasteiger partial charge on any atom is 0.247 e. The predicted molar refractivity (Wildman–Crippen MR) is 162 cm³/mol. The Kier molecular flexibility index (Phi) is 8.87. The number of nitrogens with one attached hydrogen (secondary N) is 2. The number of hydroxylamine groups is 1. The van der Waals surface area contributed by atoms with Crippen LogP contribution in [0.15, 0.2) is 55.4 Å². The number of aromatic nitrogens is 2. The van der Waals surface area contributed by atoms with Gasteiger partial charge in [0.1, 0.15) is 17.9 Å². The summed E-state index contributed by atoms with van der Waals surface area (Å²) in [7, 11) is 1.59. The number of methoxy groups -OCH3 is 1. The highest BCUT2D eigenvalue weighted by Crippen LogP contribution is 2.41. The number of halogens is 2. The Morgan fingerprint density at radius 1 is 1.05 bits per heavy atom. The summed E-state index contributed by atoms with van der Waals surface area (Å²) in [5, 5.41) is 7.81. The van der Waals surface area contributed by atoms with Gasteiger partial charge in [-0.15, -0.1) is 0 Å². The van der Waals surface area contributed by atoms with Gasteiger partial charge in [0.15, 0.2) is 17.5 Å². The molecule has 2 aromatic carbocycles. The molecule has 3 aliphatic rings. The van der Waals surface area contributed by atoms with Crippen LogP contribution in [0.25, 0.3) is 0 Å². The molecule has 0 bridgehead atoms. The largest absolute Gasteiger partial charge is 0.494 e. The number of carbonyl (C=O) groups excluding carboxylic acids is 1. The predicted octanol–water partition coefficient (Wildman–Crippen LogP) is 4.43. The molecule has 13 heteroatoms. The minimum absolute atomic E-state index is 0.329. The van der Waals surface area contributed by atoms with Crippen molar-refractivity contribution in [2.24, 2.45) is 0 Å². The van der Waals surface area contributed by atoms with Crippen LogP contribution in [0.5, 0.6) is 5.75 Å². The van der Waals surface area contributed by atoms with Gasteiger partial charge in [-0.3, -0.25) is 14.5 Å². The fraction of sp³-hybridized carbons (Fsp3) is 0.387. The van der Waals surface area contributed by atoms with Crippen LogP contribution in [0.3, 0.4) is 0 Å². The Labute approximate surface area is 254 Å². The lowest BCUT2D eigenvalue weighted by Crippen LogP contribution is -2.44. The van der Waals surface area contributed by atoms with Gasteiger partial charge >= 0.3 is 0 Å². The van der Waals surface area contributed by atoms with Gasteiger partial charge in [0.05, 0.1) is 50.0 Å². The van der Waals surface area contributed by atoms with E-state index in [0.29, 0.717) is 53.4 Å². The van der Waals surface area contributed by atoms with E-state index >= 15 is 0 Å². The second-order valence-electron chi connectivity index (χ2n) is 10.8. The molecule has 3 fully saturated rings. The fourth-order valence-electron chi connectivity index (χ4n) is 5.97. The number of rotatable bonds is 9. The molecule has 0 saturated carbocycles. The SMILES string of the molecule is C=CC(=O)Nc1cc(Nc2cc(N3OCCC3c3ccc(F)c(F)c3)ncn2)c(OC)cc1N1CCC(N2CCOCC2)C1. The molecular weight excluding hydrogens is 572 g/mol. The van der Waals surface area contributed by atoms with Crippen LogP contribution >= 0.6 is 0 Å². The summed E-state index contributed by atoms with van der Waals surface area (Å²) in [6.45, 7) is 8.95. The molecule has 6 rings (SSSR count). The highest BCUT2D eigenvalue weighted by molar-refractivity contribution is 6.02. The topological polar surface area (TPSA) is 104 Å². The first kappa shape index (κ1) is 29.7. The van der Waals surface area contributed by atoms with Crippen molar-refractivity contribution in [1.82, 2.24) is 14.9 Å². The number of benzene rings is 2. The smallest absolute Gasteiger partial charge is 0.247 e. The van der Waals surface area contributed by atoms with Gasteiger partial charge in [0.2, 0.25) is 5.91 Å². The Morgan fingerprint density at radius 2 is 1.89 bits per heavy atom. The molecule has 1 aromatic heterocycles. The zero-order valence-corrected chi connectivity index (χ0v) is 24.5. The number of hydrogen-bond donors (Lipinski definition) is 2. The highest BCUT2D eigenvalue weighted by Gasteiger charge is 2.32. The van der Waals surface area contributed by atoms with Gasteiger partial charge in [0, 0.05) is 50.8 Å². The van der Waals surface area contributed by atoms with Gasteiger partial charge in [-0.25, -0.2) is 23.8 Å². The fourth-order valence-corrected chi connectivity index (χ4v) is 5.97. The average Bonchev–Trinajstić information content (AvgIpc) is 3.74. The minimum Gasteiger partial charge on any atom is -0.494 e. The van der Waals surface area contributed by atoms with E-state index in [1.807, 2.05) is 12.1 Å². The van der Waals surface area contributed by atoms with Gasteiger partial charge in [-0.1, -0.05) is 12.6 Å². The molecule has 0 radical (unpaired) electrons. The first-order valence-corrected chi connectivity index (χ1v) is 14.6. The van der Waals surface area contributed by atoms with E-state index in [1.165, 1.54) is 18.5 Å². The highest BCUT2D eigenvalue weighted by atomic mass is 19.2. The molecule has 1 amide bonds. The third-order valence-electron chi connectivity index (χ3n) is 8.20. The monoisotopic (exact) mass is 607 g/mol. The van der Waals surface area contributed by atoms with Crippen molar-refractivity contribution in [3.63, 3.8) is 0 Å². The van der Waals surface area contributed by atoms with Crippen molar-refractivity contribution in [1.29, 1.82) is 0 Å². The normalized spacial score (nSPS) is 20.5. The van der Waals surface area contributed by atoms with E-state index in [0.717, 1.165) is 57.6 Å². The molecule has 2 atom stereocenters. The van der Waals surface area contributed by atoms with Crippen molar-refractivity contribution >= 4 is 34.6 Å². The molecule has 3 aromatic rings. The maximum absolute atomic E-state index is 14.0. The molecule has 4 heterocycles. The Bertz CT molecular complexity index is 1520. The molecule has 2 N–H and O–H groups in total. The summed E-state index contributed by atoms with van der Waals surface area (Å²) >= 11 is 0. The van der Waals surface area contributed by atoms with Crippen molar-refractivity contribution in [2.75, 3.05) is 73.7 Å². The van der Waals surface area contributed by atoms with Crippen molar-refractivity contribution in [2.45, 2.75) is 24.9 Å². The molecule has 232 valence electrons. The van der Waals surface area contributed by atoms with E-state index in [9.17, 15) is 13.6 Å². The summed E-state index contributed by atoms with van der Waals surface area (Å²) in [4.78, 5) is 31.8. The van der Waals surface area contributed by atoms with Crippen molar-refractivity contribution in [3.8, 4) is 5.75 Å². The average molecular weight is 608 g/mol. The number of morpholine rings is 1. The Balaban J connectivity index is 1.26. The number of ether oxygens (including phenoxy) is 2. The van der Waals surface area contributed by atoms with E-state index < -0.39 is 11.6 Å². The Hall–Kier alpha value is -4.33. The second-order valence-corrected chi connectivity index (χ2v) is 10.8. The number of nitrogens with zero attached hydrogens (tertiary/aromatic N) is 5. The van der Waals surface area contributed by atoms with Gasteiger partial charge < -0.3 is 25.0 Å². The number of hydrogen-bond acceptors (Lipinski definition) is 10. The molecular formula is C31H35F2N7O4. The van der Waals surface area contributed by atoms with E-state index in [1.54, 1.807) is 24.3 Å². The molecule has 3 saturated heterocycles. The summed E-state index contributed by atoms with van der Waals surface area (Å²) in [5.41, 5.74) is 2.61. The first-order chi connectivity index (χ1) is 21.4. The molecule has 0 spiro atoms. The number of amides is 1. The lowest BCUT2D eigenvalue weighted by molar-refractivity contribution is -0.111. The molecule has 0 aliphatic carbocycles. The Morgan fingerprint density at radius 3 is 2.66 bits per heavy atom. The van der Waals surface area contributed by atoms with Crippen molar-refractivity contribution in [3.05, 3.63) is 72.6 Å². The number of carbonyl (C=O) groups is 1. The number of anilines is 5. The summed E-state index contributed by atoms with van der Waals surface area (Å²) in [6, 6.07) is 9.29. The van der Waals surface area contributed by atoms with E-state index in [4.69, 9.17) is 14.3 Å². The molecule has 44 heavy (non-hydrogen) atoms. The second kappa shape index (κ2) is 13.1. The molecule has 2 unspecified atom stereocenters. The lowest BCUT2D eigenvalue weighted by atomic mass is 10.0. The minimum atomic E-state index is -0.917. The maximum atomic E-state index is 14.0. The van der Waals surface area contributed by atoms with Crippen LogP contribution < -0.4 is 25.3 Å². The van der Waals surface area contributed by atoms with Gasteiger partial charge in [-0.05, 0) is 36.3 Å². The zero-order valence-electron chi connectivity index (χ0n) is 24.5. The van der Waals surface area contributed by atoms with E-state index in [-0.39, 0.29) is 11.9 Å². The standard InChI is InChI=1S/C31H35F2N7O4/c1-3-31(41)37-24-15-25(28(42-2)16-27(24)39-8-6-21(18-39)38-9-12-43-13-10-38)36-29-17-30(35-19-34-29)40-26(7-11-44-40)20-4-5-22(32)23(33)14-20/h3-5,14-17,19,21,26H,1,6-13,18H2,2H3,(H,37,41)(H,34,35,36). The summed E-state index contributed by atoms with van der Waals surface area (Å²) < 4.78 is 38.8. The van der Waals surface area contributed by atoms with Crippen LogP contribution in [0, 0.1) is 11.6 Å². The van der Waals surface area contributed by atoms with Crippen LogP contribution in [-0.4, -0.2) is 79.9 Å². The third kappa shape index (κ3) is 6.30. The first-order valence-electron chi connectivity index (χ1n) is 14.6. The zero-order chi connectivity index (χ0) is 30.6. The lowest BCUT2D eigenvalue weighted by Gasteiger charge is -2.32. The third-order valence-corrected chi connectivity index (χ3v) is 8.20.